The van der Waals surface area contributed by atoms with Crippen molar-refractivity contribution in [3.63, 3.8) is 0 Å². The van der Waals surface area contributed by atoms with E-state index in [9.17, 15) is 28.8 Å². The maximum Gasteiger partial charge on any atom is 0.312 e. The molecular weight excluding hydrogens is 612 g/mol. The molecule has 16 heteroatoms. The number of carbonyl (C=O) groups excluding carboxylic acids is 6. The summed E-state index contributed by atoms with van der Waals surface area (Å²) in [6, 6.07) is -3.50. The van der Waals surface area contributed by atoms with E-state index in [-0.39, 0.29) is 56.4 Å². The summed E-state index contributed by atoms with van der Waals surface area (Å²) in [5.41, 5.74) is 10.7. The number of urea groups is 1. The minimum absolute atomic E-state index is 0.0470. The number of carbonyl (C=O) groups is 6. The summed E-state index contributed by atoms with van der Waals surface area (Å²) in [5, 5.41) is 16.2. The van der Waals surface area contributed by atoms with Crippen LogP contribution in [0.15, 0.2) is 0 Å². The lowest BCUT2D eigenvalue weighted by Gasteiger charge is -2.31. The van der Waals surface area contributed by atoms with Gasteiger partial charge in [0.15, 0.2) is 0 Å². The van der Waals surface area contributed by atoms with E-state index in [4.69, 9.17) is 20.9 Å². The number of primary amides is 1. The van der Waals surface area contributed by atoms with E-state index in [1.165, 1.54) is 6.92 Å². The SMILES string of the molecule is CCC(=O)NCCOCCOCCNC(=O)[C@H](CCCNC(N)=O)NC(=O)C(NC(=O)[C@H](CCCCN)NC(C)=O)C(C)[C@H](C)CC. The third-order valence-corrected chi connectivity index (χ3v) is 7.70. The van der Waals surface area contributed by atoms with Crippen molar-refractivity contribution in [3.8, 4) is 0 Å². The molecule has 0 aliphatic rings. The van der Waals surface area contributed by atoms with Crippen molar-refractivity contribution in [2.75, 3.05) is 52.6 Å². The third-order valence-electron chi connectivity index (χ3n) is 7.70. The van der Waals surface area contributed by atoms with Crippen LogP contribution < -0.4 is 43.4 Å². The number of nitrogens with one attached hydrogen (secondary N) is 6. The average Bonchev–Trinajstić information content (AvgIpc) is 3.03. The van der Waals surface area contributed by atoms with E-state index in [0.29, 0.717) is 58.4 Å². The first-order valence-electron chi connectivity index (χ1n) is 16.7. The molecule has 272 valence electrons. The second kappa shape index (κ2) is 26.6. The zero-order chi connectivity index (χ0) is 35.6. The van der Waals surface area contributed by atoms with Gasteiger partial charge in [-0.25, -0.2) is 4.79 Å². The number of hydrogen-bond acceptors (Lipinski definition) is 9. The van der Waals surface area contributed by atoms with Crippen LogP contribution in [0.3, 0.4) is 0 Å². The van der Waals surface area contributed by atoms with Gasteiger partial charge in [-0.3, -0.25) is 24.0 Å². The average molecular weight is 673 g/mol. The van der Waals surface area contributed by atoms with Crippen LogP contribution in [0.4, 0.5) is 4.79 Å². The summed E-state index contributed by atoms with van der Waals surface area (Å²) < 4.78 is 10.9. The molecule has 16 nitrogen and oxygen atoms in total. The smallest absolute Gasteiger partial charge is 0.312 e. The largest absolute Gasteiger partial charge is 0.377 e. The van der Waals surface area contributed by atoms with E-state index < -0.39 is 41.9 Å². The maximum absolute atomic E-state index is 13.7. The summed E-state index contributed by atoms with van der Waals surface area (Å²) >= 11 is 0. The van der Waals surface area contributed by atoms with Crippen molar-refractivity contribution in [1.29, 1.82) is 0 Å². The van der Waals surface area contributed by atoms with Crippen molar-refractivity contribution in [2.24, 2.45) is 23.3 Å². The van der Waals surface area contributed by atoms with Crippen LogP contribution in [0.25, 0.3) is 0 Å². The van der Waals surface area contributed by atoms with Gasteiger partial charge in [0.2, 0.25) is 29.5 Å². The van der Waals surface area contributed by atoms with E-state index in [0.717, 1.165) is 6.42 Å². The number of nitrogens with two attached hydrogens (primary N) is 2. The lowest BCUT2D eigenvalue weighted by atomic mass is 9.86. The molecule has 0 aliphatic carbocycles. The van der Waals surface area contributed by atoms with Crippen LogP contribution in [0.2, 0.25) is 0 Å². The Labute approximate surface area is 279 Å². The molecule has 0 fully saturated rings. The Bertz CT molecular complexity index is 954. The second-order valence-electron chi connectivity index (χ2n) is 11.5. The predicted molar refractivity (Wildman–Crippen MR) is 178 cm³/mol. The fourth-order valence-corrected chi connectivity index (χ4v) is 4.52. The molecule has 0 aromatic heterocycles. The van der Waals surface area contributed by atoms with E-state index >= 15 is 0 Å². The van der Waals surface area contributed by atoms with Crippen LogP contribution in [-0.2, 0) is 33.4 Å². The Hall–Kier alpha value is -3.50. The van der Waals surface area contributed by atoms with E-state index in [1.54, 1.807) is 6.92 Å². The van der Waals surface area contributed by atoms with Crippen LogP contribution in [0.1, 0.15) is 79.6 Å². The molecule has 0 saturated carbocycles. The molecule has 0 spiro atoms. The molecule has 10 N–H and O–H groups in total. The molecule has 47 heavy (non-hydrogen) atoms. The standard InChI is InChI=1S/C31H60N8O8/c1-6-21(3)22(4)27(39-29(43)25(37-23(5)40)11-8-9-13-32)30(44)38-24(12-10-14-36-31(33)45)28(42)35-16-18-47-20-19-46-17-15-34-26(41)7-2/h21-22,24-25,27H,6-20,32H2,1-5H3,(H,34,41)(H,35,42)(H,37,40)(H,38,44)(H,39,43)(H3,33,36,45)/t21-,22?,24+,25+,27?/m1/s1. The molecule has 7 amide bonds. The summed E-state index contributed by atoms with van der Waals surface area (Å²) in [4.78, 5) is 74.4. The highest BCUT2D eigenvalue weighted by atomic mass is 16.5. The topological polar surface area (TPSA) is 245 Å². The van der Waals surface area contributed by atoms with Gasteiger partial charge >= 0.3 is 6.03 Å². The summed E-state index contributed by atoms with van der Waals surface area (Å²) in [5.74, 6) is -2.16. The van der Waals surface area contributed by atoms with Gasteiger partial charge < -0.3 is 52.8 Å². The van der Waals surface area contributed by atoms with Crippen LogP contribution in [0, 0.1) is 11.8 Å². The number of ether oxygens (including phenoxy) is 2. The quantitative estimate of drug-likeness (QED) is 0.0518. The highest BCUT2D eigenvalue weighted by Gasteiger charge is 2.34. The molecule has 0 aromatic rings. The molecular formula is C31H60N8O8. The number of amides is 7. The van der Waals surface area contributed by atoms with Gasteiger partial charge in [-0.05, 0) is 50.5 Å². The minimum atomic E-state index is -0.985. The monoisotopic (exact) mass is 672 g/mol. The second-order valence-corrected chi connectivity index (χ2v) is 11.5. The van der Waals surface area contributed by atoms with Crippen LogP contribution >= 0.6 is 0 Å². The molecule has 0 heterocycles. The Morgan fingerprint density at radius 1 is 0.681 bits per heavy atom. The van der Waals surface area contributed by atoms with Gasteiger partial charge in [-0.15, -0.1) is 0 Å². The van der Waals surface area contributed by atoms with Gasteiger partial charge in [0.1, 0.15) is 18.1 Å². The Balaban J connectivity index is 5.40. The Morgan fingerprint density at radius 2 is 1.28 bits per heavy atom. The third kappa shape index (κ3) is 21.1. The number of unbranched alkanes of at least 4 members (excludes halogenated alkanes) is 1. The Morgan fingerprint density at radius 3 is 1.83 bits per heavy atom. The molecule has 0 aromatic carbocycles. The van der Waals surface area contributed by atoms with Gasteiger partial charge in [0, 0.05) is 33.0 Å². The van der Waals surface area contributed by atoms with Crippen molar-refractivity contribution >= 4 is 35.6 Å². The van der Waals surface area contributed by atoms with Crippen molar-refractivity contribution in [2.45, 2.75) is 97.7 Å². The zero-order valence-electron chi connectivity index (χ0n) is 28.9. The van der Waals surface area contributed by atoms with E-state index in [2.05, 4.69) is 31.9 Å². The van der Waals surface area contributed by atoms with Gasteiger partial charge in [0.05, 0.1) is 26.4 Å². The lowest BCUT2D eigenvalue weighted by molar-refractivity contribution is -0.135. The first kappa shape index (κ1) is 43.5. The molecule has 0 aliphatic heterocycles. The highest BCUT2D eigenvalue weighted by Crippen LogP contribution is 2.19. The van der Waals surface area contributed by atoms with Crippen molar-refractivity contribution < 1.29 is 38.2 Å². The summed E-state index contributed by atoms with van der Waals surface area (Å²) in [6.45, 7) is 11.3. The first-order chi connectivity index (χ1) is 22.4. The normalized spacial score (nSPS) is 14.1. The van der Waals surface area contributed by atoms with Crippen molar-refractivity contribution in [1.82, 2.24) is 31.9 Å². The first-order valence-corrected chi connectivity index (χ1v) is 16.7. The fraction of sp³-hybridized carbons (Fsp3) is 0.806. The van der Waals surface area contributed by atoms with E-state index in [1.807, 2.05) is 20.8 Å². The molecule has 0 bridgehead atoms. The van der Waals surface area contributed by atoms with Crippen molar-refractivity contribution in [3.05, 3.63) is 0 Å². The highest BCUT2D eigenvalue weighted by molar-refractivity contribution is 5.94. The number of hydrogen-bond donors (Lipinski definition) is 8. The fourth-order valence-electron chi connectivity index (χ4n) is 4.52. The maximum atomic E-state index is 13.7. The minimum Gasteiger partial charge on any atom is -0.377 e. The summed E-state index contributed by atoms with van der Waals surface area (Å²) in [6.07, 6.45) is 3.34. The Kier molecular flexibility index (Phi) is 24.6. The molecule has 0 saturated heterocycles. The molecule has 5 atom stereocenters. The van der Waals surface area contributed by atoms with Gasteiger partial charge in [0.25, 0.3) is 0 Å². The lowest BCUT2D eigenvalue weighted by Crippen LogP contribution is -2.59. The van der Waals surface area contributed by atoms with Crippen LogP contribution in [-0.4, -0.2) is 106 Å². The number of rotatable bonds is 27. The molecule has 0 radical (unpaired) electrons. The van der Waals surface area contributed by atoms with Crippen LogP contribution in [0.5, 0.6) is 0 Å². The van der Waals surface area contributed by atoms with Gasteiger partial charge in [-0.1, -0.05) is 34.1 Å². The molecule has 2 unspecified atom stereocenters. The zero-order valence-corrected chi connectivity index (χ0v) is 28.9. The van der Waals surface area contributed by atoms with Gasteiger partial charge in [-0.2, -0.15) is 0 Å². The molecule has 0 rings (SSSR count). The summed E-state index contributed by atoms with van der Waals surface area (Å²) in [7, 11) is 0. The predicted octanol–water partition coefficient (Wildman–Crippen LogP) is -0.604.